The summed E-state index contributed by atoms with van der Waals surface area (Å²) >= 11 is 0. The Hall–Kier alpha value is -18.4. The monoisotopic (exact) mass is 1720 g/mol. The van der Waals surface area contributed by atoms with Gasteiger partial charge in [0, 0.05) is 173 Å². The van der Waals surface area contributed by atoms with Crippen molar-refractivity contribution in [2.75, 3.05) is 0 Å². The molecule has 12 nitrogen and oxygen atoms in total. The molecule has 0 amide bonds. The smallest absolute Gasteiger partial charge is 0.145 e. The van der Waals surface area contributed by atoms with E-state index in [9.17, 15) is 0 Å². The SMILES string of the molecule is c1ccc(-n2c3ccc(-n4c5ccccc5c5ccc6c(c7ccccc7n6-c6ccccc6)c54)cc3c3ccncc32)cc1.c1ccc(-n2c3ccccc3c3c2ccc2c4ccccc4n(-c4ccc5c(c4)c4cccnc4n5-c4ccccc4)c23)cc1.c1ccc(-n2c3ccncc3c3cc(-n4c5ccccc5c5ccc6c(c7ccccc7n6-c6ccccc6)c54)ccc32)cc1. The summed E-state index contributed by atoms with van der Waals surface area (Å²) in [5.74, 6) is 0. The highest BCUT2D eigenvalue weighted by molar-refractivity contribution is 6.30. The molecule has 12 heteroatoms. The number of hydrogen-bond acceptors (Lipinski definition) is 3. The van der Waals surface area contributed by atoms with E-state index < -0.39 is 0 Å². The van der Waals surface area contributed by atoms with Crippen LogP contribution < -0.4 is 0 Å². The Morgan fingerprint density at radius 2 is 0.393 bits per heavy atom. The molecule has 0 radical (unpaired) electrons. The Labute approximate surface area is 772 Å². The van der Waals surface area contributed by atoms with Gasteiger partial charge in [-0.2, -0.15) is 0 Å². The Morgan fingerprint density at radius 1 is 0.133 bits per heavy atom. The maximum atomic E-state index is 4.85. The third kappa shape index (κ3) is 11.3. The summed E-state index contributed by atoms with van der Waals surface area (Å²) in [6, 6.07) is 159. The van der Waals surface area contributed by atoms with Gasteiger partial charge in [-0.25, -0.2) is 4.98 Å². The molecule has 0 spiro atoms. The van der Waals surface area contributed by atoms with E-state index in [4.69, 9.17) is 4.98 Å². The summed E-state index contributed by atoms with van der Waals surface area (Å²) in [5, 5.41) is 22.1. The predicted molar refractivity (Wildman–Crippen MR) is 562 cm³/mol. The van der Waals surface area contributed by atoms with E-state index >= 15 is 0 Å². The molecule has 12 aromatic heterocycles. The van der Waals surface area contributed by atoms with Crippen LogP contribution >= 0.6 is 0 Å². The quantitative estimate of drug-likeness (QED) is 0.144. The normalized spacial score (nSPS) is 12.0. The summed E-state index contributed by atoms with van der Waals surface area (Å²) < 4.78 is 21.5. The lowest BCUT2D eigenvalue weighted by molar-refractivity contribution is 1.13. The molecule has 0 aliphatic rings. The van der Waals surface area contributed by atoms with Gasteiger partial charge in [0.1, 0.15) is 5.65 Å². The average molecular weight is 1720 g/mol. The Bertz CT molecular complexity index is 9150. The molecule has 0 bridgehead atoms. The molecule has 630 valence electrons. The number of fused-ring (bicyclic) bond motifs is 30. The fourth-order valence-electron chi connectivity index (χ4n) is 22.4. The molecule has 18 aromatic carbocycles. The van der Waals surface area contributed by atoms with Gasteiger partial charge in [0.05, 0.1) is 100.0 Å². The molecule has 135 heavy (non-hydrogen) atoms. The van der Waals surface area contributed by atoms with Crippen molar-refractivity contribution in [2.24, 2.45) is 0 Å². The zero-order valence-electron chi connectivity index (χ0n) is 72.9. The second kappa shape index (κ2) is 30.1. The number of pyridine rings is 3. The van der Waals surface area contributed by atoms with Gasteiger partial charge in [0.2, 0.25) is 0 Å². The first-order valence-corrected chi connectivity index (χ1v) is 46.0. The first-order valence-electron chi connectivity index (χ1n) is 46.0. The van der Waals surface area contributed by atoms with Crippen molar-refractivity contribution >= 4 is 196 Å². The van der Waals surface area contributed by atoms with Crippen molar-refractivity contribution in [2.45, 2.75) is 0 Å². The van der Waals surface area contributed by atoms with Crippen LogP contribution in [0.3, 0.4) is 0 Å². The maximum absolute atomic E-state index is 4.85. The largest absolute Gasteiger partial charge is 0.309 e. The zero-order chi connectivity index (χ0) is 88.5. The number of rotatable bonds is 9. The minimum Gasteiger partial charge on any atom is -0.309 e. The molecule has 0 unspecified atom stereocenters. The molecular formula is C123H78N12. The van der Waals surface area contributed by atoms with E-state index in [0.717, 1.165) is 84.2 Å². The van der Waals surface area contributed by atoms with Crippen molar-refractivity contribution in [3.8, 4) is 51.2 Å². The van der Waals surface area contributed by atoms with Crippen molar-refractivity contribution in [1.82, 2.24) is 56.1 Å². The van der Waals surface area contributed by atoms with Crippen LogP contribution in [-0.4, -0.2) is 56.1 Å². The topological polar surface area (TPSA) is 83.0 Å². The summed E-state index contributed by atoms with van der Waals surface area (Å²) in [7, 11) is 0. The second-order valence-electron chi connectivity index (χ2n) is 35.0. The molecule has 12 heterocycles. The van der Waals surface area contributed by atoms with E-state index in [2.05, 4.69) is 488 Å². The maximum Gasteiger partial charge on any atom is 0.145 e. The first kappa shape index (κ1) is 75.6. The van der Waals surface area contributed by atoms with Crippen LogP contribution in [0.1, 0.15) is 0 Å². The van der Waals surface area contributed by atoms with Gasteiger partial charge in [-0.3, -0.25) is 14.5 Å². The van der Waals surface area contributed by atoms with Gasteiger partial charge in [-0.05, 0) is 206 Å². The highest BCUT2D eigenvalue weighted by atomic mass is 15.1. The average Bonchev–Trinajstić information content (AvgIpc) is 1.55. The highest BCUT2D eigenvalue weighted by Gasteiger charge is 2.28. The van der Waals surface area contributed by atoms with Gasteiger partial charge in [0.15, 0.2) is 0 Å². The number of aromatic nitrogens is 12. The molecule has 0 atom stereocenters. The summed E-state index contributed by atoms with van der Waals surface area (Å²) in [4.78, 5) is 13.9. The number of benzene rings is 18. The van der Waals surface area contributed by atoms with Crippen LogP contribution in [0.15, 0.2) is 474 Å². The van der Waals surface area contributed by atoms with Crippen LogP contribution in [0.4, 0.5) is 0 Å². The second-order valence-corrected chi connectivity index (χ2v) is 35.0. The van der Waals surface area contributed by atoms with Gasteiger partial charge in [-0.1, -0.05) is 237 Å². The van der Waals surface area contributed by atoms with Crippen LogP contribution in [0.25, 0.3) is 248 Å². The molecular weight excluding hydrogens is 1650 g/mol. The molecule has 0 fully saturated rings. The van der Waals surface area contributed by atoms with E-state index in [0.29, 0.717) is 0 Å². The van der Waals surface area contributed by atoms with Crippen molar-refractivity contribution in [3.63, 3.8) is 0 Å². The molecule has 0 saturated carbocycles. The first-order chi connectivity index (χ1) is 67.1. The molecule has 0 saturated heterocycles. The summed E-state index contributed by atoms with van der Waals surface area (Å²) in [6.07, 6.45) is 9.64. The predicted octanol–water partition coefficient (Wildman–Crippen LogP) is 31.1. The van der Waals surface area contributed by atoms with E-state index in [1.54, 1.807) is 0 Å². The minimum atomic E-state index is 0.964. The number of hydrogen-bond donors (Lipinski definition) is 0. The van der Waals surface area contributed by atoms with Gasteiger partial charge in [-0.15, -0.1) is 0 Å². The van der Waals surface area contributed by atoms with Crippen molar-refractivity contribution in [3.05, 3.63) is 474 Å². The Morgan fingerprint density at radius 3 is 0.778 bits per heavy atom. The molecule has 0 N–H and O–H groups in total. The molecule has 0 aliphatic heterocycles. The summed E-state index contributed by atoms with van der Waals surface area (Å²) in [6.45, 7) is 0. The van der Waals surface area contributed by atoms with E-state index in [1.807, 2.05) is 37.1 Å². The zero-order valence-corrected chi connectivity index (χ0v) is 72.9. The molecule has 30 aromatic rings. The molecule has 0 aliphatic carbocycles. The Kier molecular flexibility index (Phi) is 16.9. The van der Waals surface area contributed by atoms with Gasteiger partial charge < -0.3 is 36.5 Å². The Balaban J connectivity index is 0.000000101. The third-order valence-electron chi connectivity index (χ3n) is 27.9. The number of para-hydroxylation sites is 12. The van der Waals surface area contributed by atoms with Crippen LogP contribution in [0.5, 0.6) is 0 Å². The lowest BCUT2D eigenvalue weighted by atomic mass is 10.1. The van der Waals surface area contributed by atoms with Crippen LogP contribution in [0, 0.1) is 0 Å². The van der Waals surface area contributed by atoms with Gasteiger partial charge in [0.25, 0.3) is 0 Å². The van der Waals surface area contributed by atoms with Crippen molar-refractivity contribution in [1.29, 1.82) is 0 Å². The standard InChI is InChI=1S/3C41H26N4/c1-3-12-27(13-4-1)43-36-20-10-8-17-33(36)39-38(43)24-22-31-30-16-7-9-19-35(30)44(40(31)39)29-21-23-37-34(26-29)32-18-11-25-42-41(32)45(37)28-14-5-2-6-15-28;1-3-11-27(12-4-1)43-36-18-10-8-16-33(36)40-38(43)22-20-32-30-15-7-9-17-35(30)45(41(32)40)29-19-21-37-34(25-29)31-23-24-42-26-39(31)44(37)28-13-5-2-6-14-28;1-3-11-27(12-4-1)43-37-21-19-29(25-33(37)34-26-42-24-23-38(34)43)45-35-17-9-7-15-30(35)31-20-22-39-40(41(31)45)32-16-8-10-18-36(32)44(39)28-13-5-2-6-14-28/h3*1-26H. The lowest BCUT2D eigenvalue weighted by Crippen LogP contribution is -1.96. The fraction of sp³-hybridized carbons (Fsp3) is 0. The van der Waals surface area contributed by atoms with Crippen LogP contribution in [-0.2, 0) is 0 Å². The van der Waals surface area contributed by atoms with Gasteiger partial charge >= 0.3 is 0 Å². The highest BCUT2D eigenvalue weighted by Crippen LogP contribution is 2.49. The van der Waals surface area contributed by atoms with Crippen molar-refractivity contribution < 1.29 is 0 Å². The van der Waals surface area contributed by atoms with E-state index in [-0.39, 0.29) is 0 Å². The van der Waals surface area contributed by atoms with Crippen LogP contribution in [0.2, 0.25) is 0 Å². The fourth-order valence-corrected chi connectivity index (χ4v) is 22.4. The summed E-state index contributed by atoms with van der Waals surface area (Å²) in [5.41, 5.74) is 31.4. The molecule has 30 rings (SSSR count). The minimum absolute atomic E-state index is 0.964. The lowest BCUT2D eigenvalue weighted by Gasteiger charge is -2.11. The number of nitrogens with zero attached hydrogens (tertiary/aromatic N) is 12. The van der Waals surface area contributed by atoms with E-state index in [1.165, 1.54) is 163 Å². The third-order valence-corrected chi connectivity index (χ3v) is 27.9.